The van der Waals surface area contributed by atoms with E-state index in [1.54, 1.807) is 0 Å². The number of pyridine rings is 1. The third kappa shape index (κ3) is 1.91. The van der Waals surface area contributed by atoms with E-state index in [4.69, 9.17) is 16.7 Å². The van der Waals surface area contributed by atoms with Gasteiger partial charge in [-0.2, -0.15) is 0 Å². The Labute approximate surface area is 68.6 Å². The molecule has 1 N–H and O–H groups in total. The fourth-order valence-corrected chi connectivity index (χ4v) is 0.812. The quantitative estimate of drug-likeness (QED) is 0.538. The van der Waals surface area contributed by atoms with Gasteiger partial charge < -0.3 is 5.11 Å². The second kappa shape index (κ2) is 3.34. The average Bonchev–Trinajstić information content (AvgIpc) is 2.03. The van der Waals surface area contributed by atoms with Gasteiger partial charge in [-0.25, -0.2) is 0 Å². The maximum Gasteiger partial charge on any atom is 0.179 e. The number of Topliss-reactive ketones (excluding diaryl/α,β-unsaturated/α-hetero) is 1. The molecular formula is C7H6ClNO2. The lowest BCUT2D eigenvalue weighted by molar-refractivity contribution is 0.102. The zero-order valence-corrected chi connectivity index (χ0v) is 6.38. The first kappa shape index (κ1) is 8.01. The van der Waals surface area contributed by atoms with E-state index in [2.05, 4.69) is 4.98 Å². The van der Waals surface area contributed by atoms with Gasteiger partial charge in [0.25, 0.3) is 0 Å². The number of aromatic nitrogens is 1. The Morgan fingerprint density at radius 3 is 2.91 bits per heavy atom. The lowest BCUT2D eigenvalue weighted by Gasteiger charge is -1.95. The number of nitrogens with zero attached hydrogens (tertiary/aromatic N) is 1. The van der Waals surface area contributed by atoms with Gasteiger partial charge in [-0.05, 0) is 6.07 Å². The van der Waals surface area contributed by atoms with Crippen molar-refractivity contribution in [2.75, 3.05) is 5.88 Å². The topological polar surface area (TPSA) is 50.2 Å². The van der Waals surface area contributed by atoms with Gasteiger partial charge in [0.15, 0.2) is 5.78 Å². The highest BCUT2D eigenvalue weighted by Crippen LogP contribution is 2.09. The van der Waals surface area contributed by atoms with Gasteiger partial charge in [-0.1, -0.05) is 0 Å². The minimum atomic E-state index is -0.241. The standard InChI is InChI=1S/C7H6ClNO2/c8-2-7(11)5-1-6(10)4-9-3-5/h1,3-4,10H,2H2. The maximum atomic E-state index is 10.9. The molecule has 0 aliphatic rings. The van der Waals surface area contributed by atoms with Gasteiger partial charge in [-0.3, -0.25) is 9.78 Å². The van der Waals surface area contributed by atoms with Crippen molar-refractivity contribution >= 4 is 17.4 Å². The van der Waals surface area contributed by atoms with E-state index in [0.717, 1.165) is 0 Å². The molecule has 1 aromatic rings. The molecule has 11 heavy (non-hydrogen) atoms. The summed E-state index contributed by atoms with van der Waals surface area (Å²) in [6.45, 7) is 0. The highest BCUT2D eigenvalue weighted by atomic mass is 35.5. The number of hydrogen-bond acceptors (Lipinski definition) is 3. The molecule has 0 unspecified atom stereocenters. The van der Waals surface area contributed by atoms with Gasteiger partial charge in [-0.15, -0.1) is 11.6 Å². The zero-order valence-electron chi connectivity index (χ0n) is 5.62. The van der Waals surface area contributed by atoms with E-state index < -0.39 is 0 Å². The molecule has 1 heterocycles. The van der Waals surface area contributed by atoms with Crippen LogP contribution in [0.4, 0.5) is 0 Å². The summed E-state index contributed by atoms with van der Waals surface area (Å²) in [5.41, 5.74) is 0.333. The minimum absolute atomic E-state index is 0.0269. The summed E-state index contributed by atoms with van der Waals surface area (Å²) in [6, 6.07) is 1.33. The molecule has 0 radical (unpaired) electrons. The Morgan fingerprint density at radius 2 is 2.36 bits per heavy atom. The monoisotopic (exact) mass is 171 g/mol. The molecule has 4 heteroatoms. The normalized spacial score (nSPS) is 9.55. The Balaban J connectivity index is 2.96. The van der Waals surface area contributed by atoms with Gasteiger partial charge in [0.1, 0.15) is 5.75 Å². The van der Waals surface area contributed by atoms with Crippen LogP contribution in [0.1, 0.15) is 10.4 Å². The fraction of sp³-hybridized carbons (Fsp3) is 0.143. The van der Waals surface area contributed by atoms with Crippen molar-refractivity contribution in [1.82, 2.24) is 4.98 Å². The molecule has 0 aliphatic carbocycles. The van der Waals surface area contributed by atoms with E-state index in [0.29, 0.717) is 5.56 Å². The van der Waals surface area contributed by atoms with Crippen LogP contribution < -0.4 is 0 Å². The number of hydrogen-bond donors (Lipinski definition) is 1. The van der Waals surface area contributed by atoms with E-state index in [1.807, 2.05) is 0 Å². The lowest BCUT2D eigenvalue weighted by atomic mass is 10.2. The summed E-state index contributed by atoms with van der Waals surface area (Å²) in [6.07, 6.45) is 2.62. The third-order valence-corrected chi connectivity index (χ3v) is 1.41. The number of halogens is 1. The molecule has 0 saturated heterocycles. The number of carbonyl (C=O) groups is 1. The first-order valence-electron chi connectivity index (χ1n) is 2.97. The summed E-state index contributed by atoms with van der Waals surface area (Å²) in [5, 5.41) is 8.90. The predicted molar refractivity (Wildman–Crippen MR) is 41.0 cm³/mol. The van der Waals surface area contributed by atoms with Crippen LogP contribution in [0.2, 0.25) is 0 Å². The van der Waals surface area contributed by atoms with Crippen molar-refractivity contribution in [2.45, 2.75) is 0 Å². The highest BCUT2D eigenvalue weighted by molar-refractivity contribution is 6.30. The van der Waals surface area contributed by atoms with Crippen molar-refractivity contribution in [3.63, 3.8) is 0 Å². The fourth-order valence-electron chi connectivity index (χ4n) is 0.657. The number of carbonyl (C=O) groups excluding carboxylic acids is 1. The van der Waals surface area contributed by atoms with Crippen LogP contribution in [0, 0.1) is 0 Å². The summed E-state index contributed by atoms with van der Waals surface area (Å²) in [4.78, 5) is 14.5. The van der Waals surface area contributed by atoms with Crippen LogP contribution in [0.15, 0.2) is 18.5 Å². The molecule has 0 aromatic carbocycles. The second-order valence-electron chi connectivity index (χ2n) is 1.99. The first-order valence-corrected chi connectivity index (χ1v) is 3.50. The number of rotatable bonds is 2. The summed E-state index contributed by atoms with van der Waals surface area (Å²) >= 11 is 5.28. The van der Waals surface area contributed by atoms with Crippen LogP contribution in [0.25, 0.3) is 0 Å². The number of alkyl halides is 1. The molecule has 1 aromatic heterocycles. The molecule has 0 fully saturated rings. The Hall–Kier alpha value is -1.09. The molecule has 1 rings (SSSR count). The van der Waals surface area contributed by atoms with Crippen molar-refractivity contribution in [2.24, 2.45) is 0 Å². The van der Waals surface area contributed by atoms with Crippen LogP contribution >= 0.6 is 11.6 Å². The lowest BCUT2D eigenvalue weighted by Crippen LogP contribution is -1.99. The van der Waals surface area contributed by atoms with Crippen molar-refractivity contribution < 1.29 is 9.90 Å². The number of ketones is 1. The van der Waals surface area contributed by atoms with Crippen LogP contribution in [0.5, 0.6) is 5.75 Å². The van der Waals surface area contributed by atoms with Crippen LogP contribution in [0.3, 0.4) is 0 Å². The van der Waals surface area contributed by atoms with Gasteiger partial charge in [0, 0.05) is 11.8 Å². The highest BCUT2D eigenvalue weighted by Gasteiger charge is 2.03. The molecule has 0 saturated carbocycles. The van der Waals surface area contributed by atoms with Gasteiger partial charge in [0.05, 0.1) is 12.1 Å². The molecule has 0 bridgehead atoms. The van der Waals surface area contributed by atoms with Crippen LogP contribution in [-0.2, 0) is 0 Å². The molecule has 58 valence electrons. The van der Waals surface area contributed by atoms with E-state index in [9.17, 15) is 4.79 Å². The molecular weight excluding hydrogens is 166 g/mol. The first-order chi connectivity index (χ1) is 5.24. The summed E-state index contributed by atoms with van der Waals surface area (Å²) < 4.78 is 0. The summed E-state index contributed by atoms with van der Waals surface area (Å²) in [7, 11) is 0. The molecule has 0 atom stereocenters. The van der Waals surface area contributed by atoms with Gasteiger partial charge >= 0.3 is 0 Å². The third-order valence-electron chi connectivity index (χ3n) is 1.17. The molecule has 0 amide bonds. The van der Waals surface area contributed by atoms with Crippen molar-refractivity contribution in [1.29, 1.82) is 0 Å². The Kier molecular flexibility index (Phi) is 2.44. The average molecular weight is 172 g/mol. The van der Waals surface area contributed by atoms with E-state index in [-0.39, 0.29) is 17.4 Å². The maximum absolute atomic E-state index is 10.9. The predicted octanol–water partition coefficient (Wildman–Crippen LogP) is 1.21. The van der Waals surface area contributed by atoms with E-state index in [1.165, 1.54) is 18.5 Å². The smallest absolute Gasteiger partial charge is 0.179 e. The summed E-state index contributed by atoms with van der Waals surface area (Å²) in [5.74, 6) is -0.360. The Morgan fingerprint density at radius 1 is 1.64 bits per heavy atom. The Bertz CT molecular complexity index is 275. The minimum Gasteiger partial charge on any atom is -0.506 e. The van der Waals surface area contributed by atoms with Crippen molar-refractivity contribution in [3.05, 3.63) is 24.0 Å². The largest absolute Gasteiger partial charge is 0.506 e. The zero-order chi connectivity index (χ0) is 8.27. The van der Waals surface area contributed by atoms with Crippen LogP contribution in [-0.4, -0.2) is 21.8 Å². The molecule has 3 nitrogen and oxygen atoms in total. The van der Waals surface area contributed by atoms with Crippen molar-refractivity contribution in [3.8, 4) is 5.75 Å². The van der Waals surface area contributed by atoms with Gasteiger partial charge in [0.2, 0.25) is 0 Å². The van der Waals surface area contributed by atoms with E-state index >= 15 is 0 Å². The number of aromatic hydroxyl groups is 1. The molecule has 0 spiro atoms. The molecule has 0 aliphatic heterocycles. The second-order valence-corrected chi connectivity index (χ2v) is 2.26. The SMILES string of the molecule is O=C(CCl)c1cncc(O)c1.